The summed E-state index contributed by atoms with van der Waals surface area (Å²) < 4.78 is 0. The maximum absolute atomic E-state index is 12.6. The van der Waals surface area contributed by atoms with Crippen LogP contribution in [0.15, 0.2) is 29.3 Å². The highest BCUT2D eigenvalue weighted by Crippen LogP contribution is 2.19. The van der Waals surface area contributed by atoms with E-state index in [0.717, 1.165) is 57.9 Å². The molecule has 1 amide bonds. The number of amides is 1. The molecule has 166 valence electrons. The molecule has 2 aliphatic heterocycles. The third-order valence-electron chi connectivity index (χ3n) is 6.21. The molecule has 3 rings (SSSR count). The van der Waals surface area contributed by atoms with Crippen LogP contribution in [0.5, 0.6) is 0 Å². The number of nitrogens with zero attached hydrogens (tertiary/aromatic N) is 3. The van der Waals surface area contributed by atoms with E-state index >= 15 is 0 Å². The first kappa shape index (κ1) is 22.6. The molecule has 0 unspecified atom stereocenters. The summed E-state index contributed by atoms with van der Waals surface area (Å²) in [6.45, 7) is 6.96. The first-order valence-corrected chi connectivity index (χ1v) is 11.8. The van der Waals surface area contributed by atoms with Crippen LogP contribution in [-0.2, 0) is 17.8 Å². The lowest BCUT2D eigenvalue weighted by Gasteiger charge is -2.29. The van der Waals surface area contributed by atoms with E-state index in [0.29, 0.717) is 6.42 Å². The zero-order valence-corrected chi connectivity index (χ0v) is 18.7. The van der Waals surface area contributed by atoms with Gasteiger partial charge in [-0.05, 0) is 62.9 Å². The van der Waals surface area contributed by atoms with Crippen molar-refractivity contribution >= 4 is 11.9 Å². The molecule has 0 radical (unpaired) electrons. The number of hydrogen-bond donors (Lipinski definition) is 2. The Morgan fingerprint density at radius 3 is 2.40 bits per heavy atom. The van der Waals surface area contributed by atoms with Gasteiger partial charge in [-0.15, -0.1) is 0 Å². The van der Waals surface area contributed by atoms with Gasteiger partial charge in [0.15, 0.2) is 5.96 Å². The van der Waals surface area contributed by atoms with E-state index < -0.39 is 0 Å². The van der Waals surface area contributed by atoms with Gasteiger partial charge in [0.2, 0.25) is 5.91 Å². The van der Waals surface area contributed by atoms with Crippen molar-refractivity contribution in [1.29, 1.82) is 0 Å². The van der Waals surface area contributed by atoms with Gasteiger partial charge in [-0.25, -0.2) is 0 Å². The number of carbonyl (C=O) groups is 1. The summed E-state index contributed by atoms with van der Waals surface area (Å²) in [5.74, 6) is 1.09. The molecule has 2 aliphatic rings. The van der Waals surface area contributed by atoms with E-state index in [1.807, 2.05) is 4.90 Å². The zero-order chi connectivity index (χ0) is 21.0. The molecule has 1 saturated heterocycles. The van der Waals surface area contributed by atoms with Crippen molar-refractivity contribution in [2.75, 3.05) is 46.3 Å². The summed E-state index contributed by atoms with van der Waals surface area (Å²) in [5.41, 5.74) is 2.67. The highest BCUT2D eigenvalue weighted by atomic mass is 16.2. The Kier molecular flexibility index (Phi) is 9.48. The quantitative estimate of drug-likeness (QED) is 0.391. The molecule has 1 aromatic rings. The smallest absolute Gasteiger partial charge is 0.222 e. The number of hydrogen-bond acceptors (Lipinski definition) is 3. The molecule has 1 fully saturated rings. The van der Waals surface area contributed by atoms with Crippen LogP contribution in [0.1, 0.15) is 56.1 Å². The summed E-state index contributed by atoms with van der Waals surface area (Å²) in [6.07, 6.45) is 8.98. The average molecular weight is 414 g/mol. The maximum Gasteiger partial charge on any atom is 0.222 e. The van der Waals surface area contributed by atoms with Crippen LogP contribution >= 0.6 is 0 Å². The van der Waals surface area contributed by atoms with Crippen molar-refractivity contribution in [2.24, 2.45) is 4.99 Å². The Bertz CT molecular complexity index is 682. The number of likely N-dealkylation sites (tertiary alicyclic amines) is 1. The molecule has 2 heterocycles. The van der Waals surface area contributed by atoms with Crippen LogP contribution in [0.4, 0.5) is 0 Å². The zero-order valence-electron chi connectivity index (χ0n) is 18.7. The predicted octanol–water partition coefficient (Wildman–Crippen LogP) is 2.78. The van der Waals surface area contributed by atoms with E-state index in [-0.39, 0.29) is 5.91 Å². The number of benzene rings is 1. The molecule has 2 N–H and O–H groups in total. The fourth-order valence-electron chi connectivity index (χ4n) is 4.40. The molecule has 6 heteroatoms. The predicted molar refractivity (Wildman–Crippen MR) is 124 cm³/mol. The standard InChI is InChI=1S/C24H39N5O/c1-25-24(27-15-9-18-28-16-6-2-3-7-17-28)26-14-8-12-23(30)29-19-13-21-10-4-5-11-22(21)20-29/h4-5,10-11H,2-3,6-9,12-20H2,1H3,(H2,25,26,27). The highest BCUT2D eigenvalue weighted by molar-refractivity contribution is 5.80. The van der Waals surface area contributed by atoms with Crippen molar-refractivity contribution in [2.45, 2.75) is 57.9 Å². The second kappa shape index (κ2) is 12.6. The van der Waals surface area contributed by atoms with Gasteiger partial charge >= 0.3 is 0 Å². The number of rotatable bonds is 8. The van der Waals surface area contributed by atoms with Gasteiger partial charge in [0, 0.05) is 39.6 Å². The van der Waals surface area contributed by atoms with Crippen molar-refractivity contribution in [1.82, 2.24) is 20.4 Å². The van der Waals surface area contributed by atoms with Crippen molar-refractivity contribution in [3.8, 4) is 0 Å². The lowest BCUT2D eigenvalue weighted by atomic mass is 9.99. The van der Waals surface area contributed by atoms with Gasteiger partial charge in [0.25, 0.3) is 0 Å². The highest BCUT2D eigenvalue weighted by Gasteiger charge is 2.19. The molecule has 0 aliphatic carbocycles. The first-order valence-electron chi connectivity index (χ1n) is 11.8. The van der Waals surface area contributed by atoms with Crippen molar-refractivity contribution in [3.63, 3.8) is 0 Å². The molecule has 0 aromatic heterocycles. The van der Waals surface area contributed by atoms with Crippen molar-refractivity contribution in [3.05, 3.63) is 35.4 Å². The number of fused-ring (bicyclic) bond motifs is 1. The lowest BCUT2D eigenvalue weighted by Crippen LogP contribution is -2.40. The van der Waals surface area contributed by atoms with Crippen LogP contribution in [0.2, 0.25) is 0 Å². The molecule has 6 nitrogen and oxygen atoms in total. The molecule has 1 aromatic carbocycles. The SMILES string of the molecule is CN=C(NCCCC(=O)N1CCc2ccccc2C1)NCCCN1CCCCCC1. The molecule has 30 heavy (non-hydrogen) atoms. The third kappa shape index (κ3) is 7.31. The molecule has 0 saturated carbocycles. The van der Waals surface area contributed by atoms with Crippen LogP contribution < -0.4 is 10.6 Å². The van der Waals surface area contributed by atoms with Gasteiger partial charge < -0.3 is 20.4 Å². The van der Waals surface area contributed by atoms with E-state index in [1.165, 1.54) is 49.9 Å². The monoisotopic (exact) mass is 413 g/mol. The van der Waals surface area contributed by atoms with Crippen LogP contribution in [0.3, 0.4) is 0 Å². The second-order valence-corrected chi connectivity index (χ2v) is 8.47. The average Bonchev–Trinajstić information content (AvgIpc) is 3.06. The summed E-state index contributed by atoms with van der Waals surface area (Å²) in [5, 5.41) is 6.75. The summed E-state index contributed by atoms with van der Waals surface area (Å²) in [6, 6.07) is 8.45. The van der Waals surface area contributed by atoms with Crippen LogP contribution in [-0.4, -0.2) is 68.0 Å². The third-order valence-corrected chi connectivity index (χ3v) is 6.21. The fraction of sp³-hybridized carbons (Fsp3) is 0.667. The second-order valence-electron chi connectivity index (χ2n) is 8.47. The molecule has 0 spiro atoms. The Hall–Kier alpha value is -2.08. The van der Waals surface area contributed by atoms with Crippen LogP contribution in [0.25, 0.3) is 0 Å². The Labute approximate surface area is 182 Å². The van der Waals surface area contributed by atoms with Gasteiger partial charge in [-0.1, -0.05) is 37.1 Å². The largest absolute Gasteiger partial charge is 0.356 e. The van der Waals surface area contributed by atoms with Crippen molar-refractivity contribution < 1.29 is 4.79 Å². The van der Waals surface area contributed by atoms with Crippen LogP contribution in [0, 0.1) is 0 Å². The number of carbonyl (C=O) groups excluding carboxylic acids is 1. The summed E-state index contributed by atoms with van der Waals surface area (Å²) >= 11 is 0. The van der Waals surface area contributed by atoms with E-state index in [2.05, 4.69) is 44.8 Å². The Morgan fingerprint density at radius 2 is 1.67 bits per heavy atom. The molecule has 0 bridgehead atoms. The van der Waals surface area contributed by atoms with E-state index in [1.54, 1.807) is 7.05 Å². The van der Waals surface area contributed by atoms with E-state index in [9.17, 15) is 4.79 Å². The minimum atomic E-state index is 0.256. The van der Waals surface area contributed by atoms with Gasteiger partial charge in [0.1, 0.15) is 0 Å². The Morgan fingerprint density at radius 1 is 0.967 bits per heavy atom. The normalized spacial score (nSPS) is 17.9. The number of aliphatic imine (C=N–C) groups is 1. The summed E-state index contributed by atoms with van der Waals surface area (Å²) in [7, 11) is 1.81. The lowest BCUT2D eigenvalue weighted by molar-refractivity contribution is -0.132. The number of guanidine groups is 1. The van der Waals surface area contributed by atoms with E-state index in [4.69, 9.17) is 0 Å². The summed E-state index contributed by atoms with van der Waals surface area (Å²) in [4.78, 5) is 21.5. The minimum absolute atomic E-state index is 0.256. The maximum atomic E-state index is 12.6. The van der Waals surface area contributed by atoms with Gasteiger partial charge in [-0.3, -0.25) is 9.79 Å². The molecular weight excluding hydrogens is 374 g/mol. The Balaban J connectivity index is 1.26. The molecule has 0 atom stereocenters. The topological polar surface area (TPSA) is 60.0 Å². The van der Waals surface area contributed by atoms with Gasteiger partial charge in [0.05, 0.1) is 0 Å². The first-order chi connectivity index (χ1) is 14.8. The minimum Gasteiger partial charge on any atom is -0.356 e. The van der Waals surface area contributed by atoms with Gasteiger partial charge in [-0.2, -0.15) is 0 Å². The number of nitrogens with one attached hydrogen (secondary N) is 2. The fourth-order valence-corrected chi connectivity index (χ4v) is 4.40. The molecular formula is C24H39N5O.